The fraction of sp³-hybridized carbons (Fsp3) is 0.500. The smallest absolute Gasteiger partial charge is 0.142 e. The van der Waals surface area contributed by atoms with E-state index < -0.39 is 0 Å². The zero-order valence-electron chi connectivity index (χ0n) is 9.99. The van der Waals surface area contributed by atoms with Crippen molar-refractivity contribution < 1.29 is 4.79 Å². The van der Waals surface area contributed by atoms with Gasteiger partial charge in [-0.1, -0.05) is 38.5 Å². The molecule has 1 aromatic rings. The lowest BCUT2D eigenvalue weighted by Crippen LogP contribution is -2.16. The summed E-state index contributed by atoms with van der Waals surface area (Å²) in [6.07, 6.45) is 1.78. The first-order chi connectivity index (χ1) is 7.72. The Balaban J connectivity index is 2.10. The molecule has 1 aliphatic heterocycles. The lowest BCUT2D eigenvalue weighted by atomic mass is 9.90. The van der Waals surface area contributed by atoms with Crippen LogP contribution in [0.15, 0.2) is 24.3 Å². The van der Waals surface area contributed by atoms with Crippen LogP contribution in [0.3, 0.4) is 0 Å². The van der Waals surface area contributed by atoms with E-state index in [4.69, 9.17) is 0 Å². The summed E-state index contributed by atoms with van der Waals surface area (Å²) in [6.45, 7) is 5.06. The van der Waals surface area contributed by atoms with Crippen molar-refractivity contribution in [2.45, 2.75) is 32.6 Å². The van der Waals surface area contributed by atoms with E-state index in [0.29, 0.717) is 18.1 Å². The standard InChI is InChI=1S/C14H19NO/c1-3-10(2)8-14(16)12-9-15-13-7-5-4-6-11(12)13/h4-7,10,12,15H,3,8-9H2,1-2H3. The van der Waals surface area contributed by atoms with Crippen LogP contribution in [-0.2, 0) is 4.79 Å². The Bertz CT molecular complexity index is 386. The molecule has 16 heavy (non-hydrogen) atoms. The number of para-hydroxylation sites is 1. The van der Waals surface area contributed by atoms with E-state index >= 15 is 0 Å². The van der Waals surface area contributed by atoms with Crippen molar-refractivity contribution in [1.29, 1.82) is 0 Å². The minimum atomic E-state index is 0.0743. The van der Waals surface area contributed by atoms with Gasteiger partial charge in [0.05, 0.1) is 5.92 Å². The zero-order valence-corrected chi connectivity index (χ0v) is 9.99. The van der Waals surface area contributed by atoms with Gasteiger partial charge in [-0.15, -0.1) is 0 Å². The maximum Gasteiger partial charge on any atom is 0.142 e. The lowest BCUT2D eigenvalue weighted by Gasteiger charge is -2.12. The SMILES string of the molecule is CCC(C)CC(=O)C1CNc2ccccc21. The average Bonchev–Trinajstić information content (AvgIpc) is 2.72. The second kappa shape index (κ2) is 4.69. The first-order valence-corrected chi connectivity index (χ1v) is 6.08. The molecule has 0 saturated carbocycles. The van der Waals surface area contributed by atoms with Crippen molar-refractivity contribution in [1.82, 2.24) is 0 Å². The number of nitrogens with one attached hydrogen (secondary N) is 1. The Morgan fingerprint density at radius 2 is 2.25 bits per heavy atom. The molecule has 0 saturated heterocycles. The van der Waals surface area contributed by atoms with E-state index in [9.17, 15) is 4.79 Å². The van der Waals surface area contributed by atoms with Gasteiger partial charge in [0.1, 0.15) is 5.78 Å². The number of benzene rings is 1. The van der Waals surface area contributed by atoms with E-state index in [1.54, 1.807) is 0 Å². The van der Waals surface area contributed by atoms with Crippen LogP contribution in [0.2, 0.25) is 0 Å². The van der Waals surface area contributed by atoms with Crippen molar-refractivity contribution >= 4 is 11.5 Å². The molecule has 2 unspecified atom stereocenters. The van der Waals surface area contributed by atoms with Gasteiger partial charge in [0, 0.05) is 18.7 Å². The van der Waals surface area contributed by atoms with Crippen LogP contribution < -0.4 is 5.32 Å². The number of anilines is 1. The van der Waals surface area contributed by atoms with Crippen LogP contribution in [0, 0.1) is 5.92 Å². The third kappa shape index (κ3) is 2.11. The fourth-order valence-electron chi connectivity index (χ4n) is 2.20. The molecule has 2 rings (SSSR count). The Morgan fingerprint density at radius 3 is 3.00 bits per heavy atom. The quantitative estimate of drug-likeness (QED) is 0.839. The summed E-state index contributed by atoms with van der Waals surface area (Å²) in [5.74, 6) is 0.956. The number of carbonyl (C=O) groups excluding carboxylic acids is 1. The minimum Gasteiger partial charge on any atom is -0.384 e. The van der Waals surface area contributed by atoms with Gasteiger partial charge < -0.3 is 5.32 Å². The summed E-state index contributed by atoms with van der Waals surface area (Å²) in [6, 6.07) is 8.13. The van der Waals surface area contributed by atoms with Gasteiger partial charge in [-0.3, -0.25) is 4.79 Å². The van der Waals surface area contributed by atoms with E-state index in [0.717, 1.165) is 18.7 Å². The predicted molar refractivity (Wildman–Crippen MR) is 66.8 cm³/mol. The molecular weight excluding hydrogens is 198 g/mol. The molecule has 2 atom stereocenters. The highest BCUT2D eigenvalue weighted by molar-refractivity contribution is 5.89. The number of hydrogen-bond acceptors (Lipinski definition) is 2. The van der Waals surface area contributed by atoms with Gasteiger partial charge in [0.15, 0.2) is 0 Å². The molecule has 1 aliphatic rings. The normalized spacial score (nSPS) is 20.0. The van der Waals surface area contributed by atoms with Crippen LogP contribution in [0.5, 0.6) is 0 Å². The summed E-state index contributed by atoms with van der Waals surface area (Å²) in [7, 11) is 0. The molecule has 0 fully saturated rings. The summed E-state index contributed by atoms with van der Waals surface area (Å²) in [5, 5.41) is 3.30. The highest BCUT2D eigenvalue weighted by Gasteiger charge is 2.28. The van der Waals surface area contributed by atoms with Gasteiger partial charge in [-0.2, -0.15) is 0 Å². The largest absolute Gasteiger partial charge is 0.384 e. The molecule has 86 valence electrons. The molecular formula is C14H19NO. The number of ketones is 1. The van der Waals surface area contributed by atoms with Crippen LogP contribution in [0.25, 0.3) is 0 Å². The number of hydrogen-bond donors (Lipinski definition) is 1. The summed E-state index contributed by atoms with van der Waals surface area (Å²) in [4.78, 5) is 12.1. The van der Waals surface area contributed by atoms with Gasteiger partial charge in [0.25, 0.3) is 0 Å². The van der Waals surface area contributed by atoms with Gasteiger partial charge in [-0.25, -0.2) is 0 Å². The van der Waals surface area contributed by atoms with Crippen LogP contribution in [-0.4, -0.2) is 12.3 Å². The van der Waals surface area contributed by atoms with E-state index in [1.165, 1.54) is 5.56 Å². The molecule has 0 amide bonds. The number of rotatable bonds is 4. The Labute approximate surface area is 97.1 Å². The van der Waals surface area contributed by atoms with Crippen molar-refractivity contribution in [2.24, 2.45) is 5.92 Å². The Hall–Kier alpha value is -1.31. The summed E-state index contributed by atoms with van der Waals surface area (Å²) < 4.78 is 0. The topological polar surface area (TPSA) is 29.1 Å². The lowest BCUT2D eigenvalue weighted by molar-refractivity contribution is -0.120. The molecule has 2 heteroatoms. The highest BCUT2D eigenvalue weighted by atomic mass is 16.1. The molecule has 0 spiro atoms. The maximum absolute atomic E-state index is 12.1. The van der Waals surface area contributed by atoms with Crippen LogP contribution in [0.4, 0.5) is 5.69 Å². The first-order valence-electron chi connectivity index (χ1n) is 6.08. The highest BCUT2D eigenvalue weighted by Crippen LogP contribution is 2.33. The van der Waals surface area contributed by atoms with Gasteiger partial charge in [0.2, 0.25) is 0 Å². The molecule has 0 aliphatic carbocycles. The predicted octanol–water partition coefficient (Wildman–Crippen LogP) is 3.20. The monoisotopic (exact) mass is 217 g/mol. The molecule has 0 radical (unpaired) electrons. The Morgan fingerprint density at radius 1 is 1.50 bits per heavy atom. The number of carbonyl (C=O) groups is 1. The average molecular weight is 217 g/mol. The van der Waals surface area contributed by atoms with Crippen molar-refractivity contribution in [3.63, 3.8) is 0 Å². The Kier molecular flexibility index (Phi) is 3.28. The number of fused-ring (bicyclic) bond motifs is 1. The third-order valence-electron chi connectivity index (χ3n) is 3.47. The van der Waals surface area contributed by atoms with Crippen LogP contribution in [0.1, 0.15) is 38.2 Å². The molecule has 1 heterocycles. The van der Waals surface area contributed by atoms with Crippen molar-refractivity contribution in [2.75, 3.05) is 11.9 Å². The van der Waals surface area contributed by atoms with Gasteiger partial charge >= 0.3 is 0 Å². The maximum atomic E-state index is 12.1. The van der Waals surface area contributed by atoms with E-state index in [-0.39, 0.29) is 5.92 Å². The molecule has 1 N–H and O–H groups in total. The van der Waals surface area contributed by atoms with E-state index in [2.05, 4.69) is 25.2 Å². The minimum absolute atomic E-state index is 0.0743. The molecule has 0 aromatic heterocycles. The summed E-state index contributed by atoms with van der Waals surface area (Å²) in [5.41, 5.74) is 2.31. The summed E-state index contributed by atoms with van der Waals surface area (Å²) >= 11 is 0. The van der Waals surface area contributed by atoms with Crippen molar-refractivity contribution in [3.8, 4) is 0 Å². The molecule has 2 nitrogen and oxygen atoms in total. The first kappa shape index (κ1) is 11.2. The number of Topliss-reactive ketones (excluding diaryl/α,β-unsaturated/α-hetero) is 1. The molecule has 0 bridgehead atoms. The second-order valence-electron chi connectivity index (χ2n) is 4.70. The molecule has 1 aromatic carbocycles. The van der Waals surface area contributed by atoms with Crippen LogP contribution >= 0.6 is 0 Å². The zero-order chi connectivity index (χ0) is 11.5. The van der Waals surface area contributed by atoms with E-state index in [1.807, 2.05) is 18.2 Å². The second-order valence-corrected chi connectivity index (χ2v) is 4.70. The third-order valence-corrected chi connectivity index (χ3v) is 3.47. The van der Waals surface area contributed by atoms with Crippen molar-refractivity contribution in [3.05, 3.63) is 29.8 Å². The fourth-order valence-corrected chi connectivity index (χ4v) is 2.20. The van der Waals surface area contributed by atoms with Gasteiger partial charge in [-0.05, 0) is 17.5 Å².